The zero-order valence-corrected chi connectivity index (χ0v) is 23.6. The second-order valence-corrected chi connectivity index (χ2v) is 12.3. The van der Waals surface area contributed by atoms with Gasteiger partial charge >= 0.3 is 10.2 Å². The molecule has 0 atom stereocenters. The number of ether oxygens (including phenoxy) is 1. The van der Waals surface area contributed by atoms with E-state index >= 15 is 0 Å². The molecule has 0 unspecified atom stereocenters. The Labute approximate surface area is 232 Å². The van der Waals surface area contributed by atoms with Gasteiger partial charge in [0.15, 0.2) is 11.4 Å². The summed E-state index contributed by atoms with van der Waals surface area (Å²) < 4.78 is 40.5. The Hall–Kier alpha value is -3.59. The molecule has 14 heteroatoms. The summed E-state index contributed by atoms with van der Waals surface area (Å²) in [6.07, 6.45) is 5.30. The van der Waals surface area contributed by atoms with Gasteiger partial charge in [0.2, 0.25) is 5.95 Å². The summed E-state index contributed by atoms with van der Waals surface area (Å²) in [5.41, 5.74) is 2.50. The van der Waals surface area contributed by atoms with E-state index in [4.69, 9.17) is 19.1 Å². The fourth-order valence-electron chi connectivity index (χ4n) is 5.03. The van der Waals surface area contributed by atoms with Gasteiger partial charge in [-0.2, -0.15) is 22.8 Å². The molecule has 212 valence electrons. The smallest absolute Gasteiger partial charge is 0.324 e. The zero-order chi connectivity index (χ0) is 27.9. The van der Waals surface area contributed by atoms with Gasteiger partial charge in [-0.3, -0.25) is 4.98 Å². The molecule has 6 heterocycles. The maximum absolute atomic E-state index is 13.2. The van der Waals surface area contributed by atoms with Gasteiger partial charge in [-0.15, -0.1) is 4.09 Å². The molecular formula is C26H33N9O4S. The molecule has 2 aliphatic rings. The van der Waals surface area contributed by atoms with Crippen LogP contribution in [0.5, 0.6) is 0 Å². The molecule has 6 rings (SSSR count). The Morgan fingerprint density at radius 1 is 1.02 bits per heavy atom. The molecule has 13 nitrogen and oxygen atoms in total. The first-order chi connectivity index (χ1) is 19.3. The van der Waals surface area contributed by atoms with Crippen molar-refractivity contribution in [3.05, 3.63) is 42.4 Å². The van der Waals surface area contributed by atoms with Crippen LogP contribution in [0.15, 0.2) is 41.1 Å². The van der Waals surface area contributed by atoms with E-state index in [2.05, 4.69) is 32.2 Å². The number of morpholine rings is 1. The van der Waals surface area contributed by atoms with Crippen molar-refractivity contribution < 1.29 is 17.6 Å². The Morgan fingerprint density at radius 2 is 1.75 bits per heavy atom. The third-order valence-electron chi connectivity index (χ3n) is 7.38. The number of rotatable bonds is 7. The molecule has 0 aromatic carbocycles. The van der Waals surface area contributed by atoms with Gasteiger partial charge in [0.25, 0.3) is 0 Å². The number of piperidine rings is 1. The topological polar surface area (TPSA) is 135 Å². The Balaban J connectivity index is 1.43. The lowest BCUT2D eigenvalue weighted by molar-refractivity contribution is 0.122. The minimum absolute atomic E-state index is 0.215. The minimum atomic E-state index is -3.95. The van der Waals surface area contributed by atoms with Gasteiger partial charge in [-0.25, -0.2) is 4.98 Å². The van der Waals surface area contributed by atoms with Crippen LogP contribution in [-0.2, 0) is 14.9 Å². The summed E-state index contributed by atoms with van der Waals surface area (Å²) in [4.78, 5) is 18.1. The molecule has 0 saturated carbocycles. The quantitative estimate of drug-likeness (QED) is 0.353. The first kappa shape index (κ1) is 26.6. The molecule has 1 N–H and O–H groups in total. The van der Waals surface area contributed by atoms with Gasteiger partial charge < -0.3 is 24.3 Å². The van der Waals surface area contributed by atoms with Crippen molar-refractivity contribution >= 4 is 38.9 Å². The lowest BCUT2D eigenvalue weighted by atomic mass is 9.95. The number of hydrogen-bond donors (Lipinski definition) is 1. The highest BCUT2D eigenvalue weighted by Gasteiger charge is 2.28. The van der Waals surface area contributed by atoms with Crippen LogP contribution in [0.4, 0.5) is 17.6 Å². The predicted molar refractivity (Wildman–Crippen MR) is 151 cm³/mol. The number of furan rings is 1. The van der Waals surface area contributed by atoms with E-state index in [1.54, 1.807) is 30.6 Å². The lowest BCUT2D eigenvalue weighted by Gasteiger charge is -2.28. The largest absolute Gasteiger partial charge is 0.455 e. The van der Waals surface area contributed by atoms with Crippen LogP contribution in [-0.4, -0.2) is 102 Å². The van der Waals surface area contributed by atoms with E-state index in [0.717, 1.165) is 45.6 Å². The third kappa shape index (κ3) is 5.14. The fraction of sp³-hybridized carbons (Fsp3) is 0.462. The molecule has 2 aliphatic heterocycles. The van der Waals surface area contributed by atoms with Crippen molar-refractivity contribution in [1.82, 2.24) is 33.3 Å². The van der Waals surface area contributed by atoms with E-state index in [9.17, 15) is 8.42 Å². The number of pyridine rings is 1. The van der Waals surface area contributed by atoms with Crippen molar-refractivity contribution in [3.63, 3.8) is 0 Å². The summed E-state index contributed by atoms with van der Waals surface area (Å²) in [5, 5.41) is 7.55. The maximum Gasteiger partial charge on any atom is 0.324 e. The molecule has 0 aliphatic carbocycles. The van der Waals surface area contributed by atoms with Crippen LogP contribution in [0, 0.1) is 0 Å². The summed E-state index contributed by atoms with van der Waals surface area (Å²) in [5.74, 6) is 2.34. The van der Waals surface area contributed by atoms with Crippen molar-refractivity contribution in [3.8, 4) is 11.3 Å². The lowest BCUT2D eigenvalue weighted by Crippen LogP contribution is -2.37. The van der Waals surface area contributed by atoms with E-state index in [-0.39, 0.29) is 11.8 Å². The number of aromatic nitrogens is 5. The summed E-state index contributed by atoms with van der Waals surface area (Å²) in [7, 11) is 1.11. The van der Waals surface area contributed by atoms with Gasteiger partial charge in [0, 0.05) is 63.2 Å². The van der Waals surface area contributed by atoms with Crippen molar-refractivity contribution in [2.45, 2.75) is 18.8 Å². The van der Waals surface area contributed by atoms with Crippen molar-refractivity contribution in [2.24, 2.45) is 0 Å². The number of nitrogens with zero attached hydrogens (tertiary/aromatic N) is 8. The monoisotopic (exact) mass is 567 g/mol. The van der Waals surface area contributed by atoms with Crippen LogP contribution < -0.4 is 10.2 Å². The van der Waals surface area contributed by atoms with E-state index in [0.29, 0.717) is 54.8 Å². The molecule has 0 spiro atoms. The Kier molecular flexibility index (Phi) is 7.16. The maximum atomic E-state index is 13.2. The number of fused-ring (bicyclic) bond motifs is 1. The van der Waals surface area contributed by atoms with Crippen LogP contribution in [0.25, 0.3) is 22.4 Å². The molecule has 0 amide bonds. The number of nitrogens with one attached hydrogen (secondary N) is 1. The predicted octanol–water partition coefficient (Wildman–Crippen LogP) is 2.53. The highest BCUT2D eigenvalue weighted by Crippen LogP contribution is 2.36. The second kappa shape index (κ2) is 10.8. The highest BCUT2D eigenvalue weighted by molar-refractivity contribution is 7.87. The van der Waals surface area contributed by atoms with Crippen LogP contribution >= 0.6 is 0 Å². The molecular weight excluding hydrogens is 534 g/mol. The normalized spacial score (nSPS) is 17.6. The Bertz CT molecular complexity index is 1590. The highest BCUT2D eigenvalue weighted by atomic mass is 32.2. The van der Waals surface area contributed by atoms with Crippen molar-refractivity contribution in [1.29, 1.82) is 0 Å². The minimum Gasteiger partial charge on any atom is -0.455 e. The SMILES string of the molecule is CN1CCC(c2cc3nc(Nc4cc(-c5ccncc5)nn4S(=O)(=O)N(C)C)nc(N4CCOCC4)c3o2)CC1. The standard InChI is InChI=1S/C26H33N9O4S/c1-32(2)40(36,37)35-23(17-20(31-35)18-4-8-27-9-5-18)29-26-28-21-16-22(19-6-10-33(3)11-7-19)39-24(21)25(30-26)34-12-14-38-15-13-34/h4-5,8-9,16-17,19H,6-7,10-15H2,1-3H3,(H,28,29,30). The van der Waals surface area contributed by atoms with Gasteiger partial charge in [-0.1, -0.05) is 0 Å². The van der Waals surface area contributed by atoms with Crippen LogP contribution in [0.1, 0.15) is 24.5 Å². The van der Waals surface area contributed by atoms with E-state index in [1.165, 1.54) is 14.1 Å². The Morgan fingerprint density at radius 3 is 2.45 bits per heavy atom. The van der Waals surface area contributed by atoms with Crippen molar-refractivity contribution in [2.75, 3.05) is 70.8 Å². The molecule has 4 aromatic heterocycles. The summed E-state index contributed by atoms with van der Waals surface area (Å²) in [6.45, 7) is 4.52. The molecule has 40 heavy (non-hydrogen) atoms. The second-order valence-electron chi connectivity index (χ2n) is 10.3. The van der Waals surface area contributed by atoms with E-state index in [1.807, 2.05) is 6.07 Å². The summed E-state index contributed by atoms with van der Waals surface area (Å²) >= 11 is 0. The average molecular weight is 568 g/mol. The van der Waals surface area contributed by atoms with Gasteiger partial charge in [0.1, 0.15) is 17.1 Å². The first-order valence-electron chi connectivity index (χ1n) is 13.3. The average Bonchev–Trinajstić information content (AvgIpc) is 3.59. The summed E-state index contributed by atoms with van der Waals surface area (Å²) in [6, 6.07) is 7.21. The number of likely N-dealkylation sites (tertiary alicyclic amines) is 1. The molecule has 0 bridgehead atoms. The number of anilines is 3. The molecule has 2 fully saturated rings. The van der Waals surface area contributed by atoms with Gasteiger partial charge in [-0.05, 0) is 45.1 Å². The third-order valence-corrected chi connectivity index (χ3v) is 9.02. The first-order valence-corrected chi connectivity index (χ1v) is 14.7. The van der Waals surface area contributed by atoms with Crippen LogP contribution in [0.2, 0.25) is 0 Å². The molecule has 4 aromatic rings. The zero-order valence-electron chi connectivity index (χ0n) is 22.8. The molecule has 2 saturated heterocycles. The van der Waals surface area contributed by atoms with Gasteiger partial charge in [0.05, 0.1) is 18.9 Å². The van der Waals surface area contributed by atoms with E-state index < -0.39 is 10.2 Å². The van der Waals surface area contributed by atoms with Crippen LogP contribution in [0.3, 0.4) is 0 Å². The molecule has 0 radical (unpaired) electrons. The number of hydrogen-bond acceptors (Lipinski definition) is 11. The fourth-order valence-corrected chi connectivity index (χ4v) is 5.88.